The second-order valence-electron chi connectivity index (χ2n) is 4.56. The van der Waals surface area contributed by atoms with Crippen molar-refractivity contribution in [3.8, 4) is 0 Å². The van der Waals surface area contributed by atoms with E-state index >= 15 is 0 Å². The van der Waals surface area contributed by atoms with Gasteiger partial charge in [0.25, 0.3) is 0 Å². The van der Waals surface area contributed by atoms with Crippen LogP contribution in [-0.2, 0) is 0 Å². The Balaban J connectivity index is 1.96. The number of nitrogens with zero attached hydrogens (tertiary/aromatic N) is 1. The monoisotopic (exact) mass is 277 g/mol. The van der Waals surface area contributed by atoms with Crippen LogP contribution in [0.1, 0.15) is 22.7 Å². The highest BCUT2D eigenvalue weighted by molar-refractivity contribution is 7.08. The van der Waals surface area contributed by atoms with E-state index in [-0.39, 0.29) is 6.04 Å². The predicted molar refractivity (Wildman–Crippen MR) is 86.6 cm³/mol. The first-order valence-corrected chi connectivity index (χ1v) is 7.53. The van der Waals surface area contributed by atoms with Crippen molar-refractivity contribution in [3.63, 3.8) is 0 Å². The molecule has 0 bridgehead atoms. The summed E-state index contributed by atoms with van der Waals surface area (Å²) in [6.07, 6.45) is 1.96. The maximum absolute atomic E-state index is 4.79. The summed E-state index contributed by atoms with van der Waals surface area (Å²) >= 11 is 1.69. The van der Waals surface area contributed by atoms with Gasteiger partial charge in [-0.25, -0.2) is 0 Å². The van der Waals surface area contributed by atoms with Gasteiger partial charge in [0.05, 0.1) is 6.04 Å². The third-order valence-electron chi connectivity index (χ3n) is 3.15. The summed E-state index contributed by atoms with van der Waals surface area (Å²) in [6, 6.07) is 23.0. The summed E-state index contributed by atoms with van der Waals surface area (Å²) in [5.74, 6) is 0. The van der Waals surface area contributed by atoms with Gasteiger partial charge < -0.3 is 0 Å². The average molecular weight is 277 g/mol. The lowest BCUT2D eigenvalue weighted by Gasteiger charge is -2.13. The highest BCUT2D eigenvalue weighted by Crippen LogP contribution is 2.25. The van der Waals surface area contributed by atoms with Crippen molar-refractivity contribution < 1.29 is 0 Å². The molecule has 0 saturated heterocycles. The molecule has 2 aromatic carbocycles. The molecule has 3 rings (SSSR count). The Labute approximate surface area is 123 Å². The van der Waals surface area contributed by atoms with Crippen molar-refractivity contribution in [2.75, 3.05) is 0 Å². The molecule has 0 aliphatic carbocycles. The molecule has 0 amide bonds. The molecule has 0 N–H and O–H groups in total. The summed E-state index contributed by atoms with van der Waals surface area (Å²) in [5.41, 5.74) is 3.59. The van der Waals surface area contributed by atoms with E-state index in [1.807, 2.05) is 18.3 Å². The fourth-order valence-electron chi connectivity index (χ4n) is 2.14. The molecule has 0 radical (unpaired) electrons. The molecule has 0 spiro atoms. The minimum Gasteiger partial charge on any atom is -0.280 e. The van der Waals surface area contributed by atoms with Crippen LogP contribution in [0.5, 0.6) is 0 Å². The third-order valence-corrected chi connectivity index (χ3v) is 3.85. The number of thiophene rings is 1. The maximum atomic E-state index is 4.79. The quantitative estimate of drug-likeness (QED) is 0.598. The van der Waals surface area contributed by atoms with Crippen molar-refractivity contribution in [1.29, 1.82) is 0 Å². The second kappa shape index (κ2) is 6.31. The number of aliphatic imine (C=N–C) groups is 1. The lowest BCUT2D eigenvalue weighted by Crippen LogP contribution is -1.98. The van der Waals surface area contributed by atoms with Crippen LogP contribution in [0.4, 0.5) is 0 Å². The molecule has 0 fully saturated rings. The molecule has 1 nitrogen and oxygen atoms in total. The van der Waals surface area contributed by atoms with E-state index in [1.165, 1.54) is 11.1 Å². The smallest absolute Gasteiger partial charge is 0.0999 e. The van der Waals surface area contributed by atoms with Crippen molar-refractivity contribution in [3.05, 3.63) is 94.2 Å². The number of hydrogen-bond donors (Lipinski definition) is 0. The van der Waals surface area contributed by atoms with Gasteiger partial charge >= 0.3 is 0 Å². The van der Waals surface area contributed by atoms with Crippen LogP contribution in [-0.4, -0.2) is 6.21 Å². The number of rotatable bonds is 4. The largest absolute Gasteiger partial charge is 0.280 e. The highest BCUT2D eigenvalue weighted by Gasteiger charge is 2.11. The van der Waals surface area contributed by atoms with Crippen molar-refractivity contribution in [2.45, 2.75) is 6.04 Å². The van der Waals surface area contributed by atoms with Crippen LogP contribution in [0, 0.1) is 0 Å². The lowest BCUT2D eigenvalue weighted by atomic mass is 9.99. The summed E-state index contributed by atoms with van der Waals surface area (Å²) in [7, 11) is 0. The van der Waals surface area contributed by atoms with Crippen LogP contribution in [0.15, 0.2) is 82.5 Å². The van der Waals surface area contributed by atoms with Gasteiger partial charge in [-0.2, -0.15) is 11.3 Å². The average Bonchev–Trinajstić information content (AvgIpc) is 3.03. The first kappa shape index (κ1) is 12.8. The van der Waals surface area contributed by atoms with Gasteiger partial charge in [-0.3, -0.25) is 4.99 Å². The van der Waals surface area contributed by atoms with Gasteiger partial charge in [0.1, 0.15) is 0 Å². The van der Waals surface area contributed by atoms with E-state index < -0.39 is 0 Å². The summed E-state index contributed by atoms with van der Waals surface area (Å²) in [6.45, 7) is 0. The van der Waals surface area contributed by atoms with Crippen molar-refractivity contribution in [1.82, 2.24) is 0 Å². The Kier molecular flexibility index (Phi) is 4.04. The molecule has 98 valence electrons. The van der Waals surface area contributed by atoms with E-state index in [2.05, 4.69) is 65.4 Å². The van der Waals surface area contributed by atoms with E-state index in [0.29, 0.717) is 0 Å². The molecule has 2 heteroatoms. The molecule has 0 aliphatic rings. The molecule has 0 saturated carbocycles. The van der Waals surface area contributed by atoms with E-state index in [0.717, 1.165) is 5.56 Å². The van der Waals surface area contributed by atoms with Gasteiger partial charge in [-0.15, -0.1) is 0 Å². The summed E-state index contributed by atoms with van der Waals surface area (Å²) < 4.78 is 0. The minimum atomic E-state index is 0.0531. The SMILES string of the molecule is C(=NC(c1ccccc1)c1ccccc1)c1ccsc1. The number of benzene rings is 2. The molecule has 3 aromatic rings. The van der Waals surface area contributed by atoms with E-state index in [1.54, 1.807) is 11.3 Å². The second-order valence-corrected chi connectivity index (χ2v) is 5.34. The van der Waals surface area contributed by atoms with Gasteiger partial charge in [0, 0.05) is 11.8 Å². The van der Waals surface area contributed by atoms with Crippen LogP contribution >= 0.6 is 11.3 Å². The minimum absolute atomic E-state index is 0.0531. The van der Waals surface area contributed by atoms with Crippen LogP contribution in [0.2, 0.25) is 0 Å². The topological polar surface area (TPSA) is 12.4 Å². The normalized spacial score (nSPS) is 11.2. The number of hydrogen-bond acceptors (Lipinski definition) is 2. The van der Waals surface area contributed by atoms with Crippen molar-refractivity contribution >= 4 is 17.6 Å². The maximum Gasteiger partial charge on any atom is 0.0999 e. The first-order valence-electron chi connectivity index (χ1n) is 6.59. The van der Waals surface area contributed by atoms with Gasteiger partial charge in [-0.1, -0.05) is 60.7 Å². The third kappa shape index (κ3) is 3.03. The highest BCUT2D eigenvalue weighted by atomic mass is 32.1. The first-order chi connectivity index (χ1) is 9.93. The molecular formula is C18H15NS. The Morgan fingerprint density at radius 1 is 0.800 bits per heavy atom. The zero-order valence-corrected chi connectivity index (χ0v) is 11.8. The summed E-state index contributed by atoms with van der Waals surface area (Å²) in [5, 5.41) is 4.18. The molecular weight excluding hydrogens is 262 g/mol. The Morgan fingerprint density at radius 3 is 1.90 bits per heavy atom. The van der Waals surface area contributed by atoms with Crippen LogP contribution in [0.3, 0.4) is 0 Å². The Morgan fingerprint density at radius 2 is 1.40 bits per heavy atom. The predicted octanol–water partition coefficient (Wildman–Crippen LogP) is 4.96. The molecule has 0 unspecified atom stereocenters. The molecule has 20 heavy (non-hydrogen) atoms. The van der Waals surface area contributed by atoms with Crippen LogP contribution in [0.25, 0.3) is 0 Å². The molecule has 1 aromatic heterocycles. The Hall–Kier alpha value is -2.19. The standard InChI is InChI=1S/C18H15NS/c1-3-7-16(8-4-1)18(17-9-5-2-6-10-17)19-13-15-11-12-20-14-15/h1-14,18H. The van der Waals surface area contributed by atoms with Gasteiger partial charge in [-0.05, 0) is 28.0 Å². The van der Waals surface area contributed by atoms with Gasteiger partial charge in [0.2, 0.25) is 0 Å². The van der Waals surface area contributed by atoms with Gasteiger partial charge in [0.15, 0.2) is 0 Å². The van der Waals surface area contributed by atoms with E-state index in [9.17, 15) is 0 Å². The lowest BCUT2D eigenvalue weighted by molar-refractivity contribution is 0.878. The molecule has 0 aliphatic heterocycles. The fourth-order valence-corrected chi connectivity index (χ4v) is 2.76. The summed E-state index contributed by atoms with van der Waals surface area (Å²) in [4.78, 5) is 4.79. The zero-order valence-electron chi connectivity index (χ0n) is 11.0. The van der Waals surface area contributed by atoms with E-state index in [4.69, 9.17) is 4.99 Å². The molecule has 0 atom stereocenters. The van der Waals surface area contributed by atoms with Crippen molar-refractivity contribution in [2.24, 2.45) is 4.99 Å². The molecule has 1 heterocycles. The van der Waals surface area contributed by atoms with Crippen LogP contribution < -0.4 is 0 Å². The fraction of sp³-hybridized carbons (Fsp3) is 0.0556. The zero-order chi connectivity index (χ0) is 13.6. The Bertz CT molecular complexity index is 618.